The fourth-order valence-electron chi connectivity index (χ4n) is 3.07. The van der Waals surface area contributed by atoms with E-state index < -0.39 is 11.8 Å². The topological polar surface area (TPSA) is 66.0 Å². The maximum atomic E-state index is 13.9. The molecule has 0 atom stereocenters. The van der Waals surface area contributed by atoms with Gasteiger partial charge in [-0.25, -0.2) is 9.37 Å². The number of aromatic nitrogens is 3. The Bertz CT molecular complexity index is 687. The molecule has 0 aromatic carbocycles. The average molecular weight is 359 g/mol. The van der Waals surface area contributed by atoms with Gasteiger partial charge < -0.3 is 10.5 Å². The number of pyridine rings is 1. The lowest BCUT2D eigenvalue weighted by Gasteiger charge is -2.28. The molecule has 2 aromatic heterocycles. The molecule has 1 aliphatic carbocycles. The fraction of sp³-hybridized carbons (Fsp3) is 0.500. The molecule has 2 aromatic rings. The third kappa shape index (κ3) is 3.84. The van der Waals surface area contributed by atoms with E-state index in [9.17, 15) is 8.78 Å². The lowest BCUT2D eigenvalue weighted by molar-refractivity contribution is 0.0260. The van der Waals surface area contributed by atoms with Crippen LogP contribution in [0, 0.1) is 11.8 Å². The number of ether oxygens (including phenoxy) is 1. The molecule has 8 heteroatoms. The van der Waals surface area contributed by atoms with Gasteiger partial charge in [0.15, 0.2) is 5.82 Å². The van der Waals surface area contributed by atoms with Gasteiger partial charge in [0.2, 0.25) is 5.95 Å². The van der Waals surface area contributed by atoms with Crippen molar-refractivity contribution in [3.05, 3.63) is 30.1 Å². The maximum absolute atomic E-state index is 13.9. The molecule has 3 rings (SSSR count). The number of nitrogens with zero attached hydrogens (tertiary/aromatic N) is 3. The fourth-order valence-corrected chi connectivity index (χ4v) is 3.07. The van der Waals surface area contributed by atoms with Crippen LogP contribution in [-0.2, 0) is 4.74 Å². The standard InChI is InChI=1S/C16H20F2N4O.ClH/c1-2-23-11-5-3-10(4-6-11)22-9-13(19)16(21-22)15-12(17)7-8-14(18)20-15;/h7-11H,2-6,19H2,1H3;1H. The van der Waals surface area contributed by atoms with Gasteiger partial charge in [0.1, 0.15) is 11.4 Å². The average Bonchev–Trinajstić information content (AvgIpc) is 2.92. The van der Waals surface area contributed by atoms with E-state index in [0.29, 0.717) is 11.8 Å². The van der Waals surface area contributed by atoms with Gasteiger partial charge in [-0.2, -0.15) is 9.49 Å². The summed E-state index contributed by atoms with van der Waals surface area (Å²) in [6.45, 7) is 2.71. The Balaban J connectivity index is 0.00000208. The highest BCUT2D eigenvalue weighted by Crippen LogP contribution is 2.33. The highest BCUT2D eigenvalue weighted by molar-refractivity contribution is 5.85. The Hall–Kier alpha value is -1.73. The van der Waals surface area contributed by atoms with E-state index in [4.69, 9.17) is 10.5 Å². The number of halogens is 3. The Kier molecular flexibility index (Phi) is 6.12. The summed E-state index contributed by atoms with van der Waals surface area (Å²) in [7, 11) is 0. The molecule has 24 heavy (non-hydrogen) atoms. The van der Waals surface area contributed by atoms with Crippen molar-refractivity contribution in [1.29, 1.82) is 0 Å². The van der Waals surface area contributed by atoms with Crippen LogP contribution in [0.5, 0.6) is 0 Å². The molecule has 0 radical (unpaired) electrons. The summed E-state index contributed by atoms with van der Waals surface area (Å²) in [4.78, 5) is 3.58. The van der Waals surface area contributed by atoms with Crippen LogP contribution in [0.2, 0.25) is 0 Å². The molecule has 1 saturated carbocycles. The molecule has 1 fully saturated rings. The summed E-state index contributed by atoms with van der Waals surface area (Å²) in [5.74, 6) is -1.39. The van der Waals surface area contributed by atoms with Crippen LogP contribution in [0.1, 0.15) is 38.6 Å². The van der Waals surface area contributed by atoms with Gasteiger partial charge >= 0.3 is 0 Å². The molecule has 132 valence electrons. The predicted molar refractivity (Wildman–Crippen MR) is 90.0 cm³/mol. The maximum Gasteiger partial charge on any atom is 0.213 e. The van der Waals surface area contributed by atoms with Crippen molar-refractivity contribution in [2.45, 2.75) is 44.8 Å². The van der Waals surface area contributed by atoms with Gasteiger partial charge in [0.25, 0.3) is 0 Å². The third-order valence-electron chi connectivity index (χ3n) is 4.22. The monoisotopic (exact) mass is 358 g/mol. The molecule has 0 unspecified atom stereocenters. The van der Waals surface area contributed by atoms with Gasteiger partial charge in [0, 0.05) is 12.8 Å². The van der Waals surface area contributed by atoms with Crippen LogP contribution in [0.4, 0.5) is 14.5 Å². The third-order valence-corrected chi connectivity index (χ3v) is 4.22. The molecule has 5 nitrogen and oxygen atoms in total. The summed E-state index contributed by atoms with van der Waals surface area (Å²) < 4.78 is 34.5. The first-order valence-corrected chi connectivity index (χ1v) is 7.87. The first-order chi connectivity index (χ1) is 11.1. The molecule has 2 heterocycles. The SMILES string of the molecule is CCOC1CCC(n2cc(N)c(-c3nc(F)ccc3F)n2)CC1.Cl. The Morgan fingerprint density at radius 3 is 2.58 bits per heavy atom. The molecule has 2 N–H and O–H groups in total. The van der Waals surface area contributed by atoms with Crippen molar-refractivity contribution >= 4 is 18.1 Å². The van der Waals surface area contributed by atoms with E-state index in [2.05, 4.69) is 10.1 Å². The summed E-state index contributed by atoms with van der Waals surface area (Å²) in [5, 5.41) is 4.36. The quantitative estimate of drug-likeness (QED) is 0.845. The van der Waals surface area contributed by atoms with E-state index in [1.165, 1.54) is 0 Å². The van der Waals surface area contributed by atoms with E-state index in [1.807, 2.05) is 6.92 Å². The lowest BCUT2D eigenvalue weighted by Crippen LogP contribution is -2.24. The van der Waals surface area contributed by atoms with E-state index in [-0.39, 0.29) is 29.8 Å². The number of nitrogen functional groups attached to an aromatic ring is 1. The minimum Gasteiger partial charge on any atom is -0.396 e. The first-order valence-electron chi connectivity index (χ1n) is 7.87. The van der Waals surface area contributed by atoms with Gasteiger partial charge in [-0.1, -0.05) is 0 Å². The summed E-state index contributed by atoms with van der Waals surface area (Å²) in [6.07, 6.45) is 5.73. The zero-order valence-corrected chi connectivity index (χ0v) is 14.2. The van der Waals surface area contributed by atoms with Gasteiger partial charge in [-0.15, -0.1) is 12.4 Å². The first kappa shape index (κ1) is 18.6. The smallest absolute Gasteiger partial charge is 0.213 e. The molecule has 0 bridgehead atoms. The van der Waals surface area contributed by atoms with Gasteiger partial charge in [-0.3, -0.25) is 4.68 Å². The van der Waals surface area contributed by atoms with Gasteiger partial charge in [-0.05, 0) is 44.7 Å². The summed E-state index contributed by atoms with van der Waals surface area (Å²) in [5.41, 5.74) is 6.28. The lowest BCUT2D eigenvalue weighted by atomic mass is 9.93. The van der Waals surface area contributed by atoms with E-state index >= 15 is 0 Å². The van der Waals surface area contributed by atoms with Crippen LogP contribution < -0.4 is 5.73 Å². The number of anilines is 1. The second kappa shape index (κ2) is 7.90. The van der Waals surface area contributed by atoms with Crippen LogP contribution in [0.3, 0.4) is 0 Å². The Morgan fingerprint density at radius 1 is 1.21 bits per heavy atom. The molecular formula is C16H21ClF2N4O. The number of hydrogen-bond acceptors (Lipinski definition) is 4. The van der Waals surface area contributed by atoms with Gasteiger partial charge in [0.05, 0.1) is 17.8 Å². The highest BCUT2D eigenvalue weighted by atomic mass is 35.5. The second-order valence-electron chi connectivity index (χ2n) is 5.76. The van der Waals surface area contributed by atoms with Crippen LogP contribution in [-0.4, -0.2) is 27.5 Å². The van der Waals surface area contributed by atoms with Crippen LogP contribution in [0.15, 0.2) is 18.3 Å². The normalized spacial score (nSPS) is 20.6. The van der Waals surface area contributed by atoms with Crippen molar-refractivity contribution < 1.29 is 13.5 Å². The molecule has 1 aliphatic rings. The second-order valence-corrected chi connectivity index (χ2v) is 5.76. The molecule has 0 saturated heterocycles. The van der Waals surface area contributed by atoms with Crippen molar-refractivity contribution in [1.82, 2.24) is 14.8 Å². The minimum absolute atomic E-state index is 0. The highest BCUT2D eigenvalue weighted by Gasteiger charge is 2.25. The van der Waals surface area contributed by atoms with Crippen molar-refractivity contribution in [3.63, 3.8) is 0 Å². The summed E-state index contributed by atoms with van der Waals surface area (Å²) >= 11 is 0. The number of rotatable bonds is 4. The number of nitrogens with two attached hydrogens (primary N) is 1. The zero-order valence-electron chi connectivity index (χ0n) is 13.4. The minimum atomic E-state index is -0.757. The predicted octanol–water partition coefficient (Wildman–Crippen LogP) is 3.75. The largest absolute Gasteiger partial charge is 0.396 e. The molecule has 0 amide bonds. The molecular weight excluding hydrogens is 338 g/mol. The van der Waals surface area contributed by atoms with Crippen molar-refractivity contribution in [3.8, 4) is 11.4 Å². The Morgan fingerprint density at radius 2 is 1.92 bits per heavy atom. The van der Waals surface area contributed by atoms with E-state index in [1.54, 1.807) is 10.9 Å². The van der Waals surface area contributed by atoms with E-state index in [0.717, 1.165) is 44.4 Å². The zero-order chi connectivity index (χ0) is 16.4. The van der Waals surface area contributed by atoms with Crippen LogP contribution >= 0.6 is 12.4 Å². The number of hydrogen-bond donors (Lipinski definition) is 1. The Labute approximate surface area is 145 Å². The summed E-state index contributed by atoms with van der Waals surface area (Å²) in [6, 6.07) is 2.20. The van der Waals surface area contributed by atoms with Crippen molar-refractivity contribution in [2.24, 2.45) is 0 Å². The van der Waals surface area contributed by atoms with Crippen molar-refractivity contribution in [2.75, 3.05) is 12.3 Å². The molecule has 0 aliphatic heterocycles. The van der Waals surface area contributed by atoms with Crippen LogP contribution in [0.25, 0.3) is 11.4 Å². The molecule has 0 spiro atoms.